The Morgan fingerprint density at radius 3 is 2.80 bits per heavy atom. The molecule has 0 aliphatic carbocycles. The summed E-state index contributed by atoms with van der Waals surface area (Å²) < 4.78 is 0.826. The fraction of sp³-hybridized carbons (Fsp3) is 0.500. The van der Waals surface area contributed by atoms with Gasteiger partial charge >= 0.3 is 0 Å². The molecule has 0 fully saturated rings. The third-order valence-corrected chi connectivity index (χ3v) is 3.75. The first-order valence-corrected chi connectivity index (χ1v) is 6.55. The normalized spacial score (nSPS) is 12.7. The van der Waals surface area contributed by atoms with Crippen LogP contribution < -0.4 is 5.73 Å². The Morgan fingerprint density at radius 1 is 1.40 bits per heavy atom. The minimum Gasteiger partial charge on any atom is -0.323 e. The summed E-state index contributed by atoms with van der Waals surface area (Å²) in [4.78, 5) is 1.20. The molecule has 0 saturated heterocycles. The maximum atomic E-state index is 6.05. The first-order valence-electron chi connectivity index (χ1n) is 5.35. The third-order valence-electron chi connectivity index (χ3n) is 2.38. The summed E-state index contributed by atoms with van der Waals surface area (Å²) in [6, 6.07) is 4.10. The minimum absolute atomic E-state index is 0.159. The molecule has 0 aromatic carbocycles. The van der Waals surface area contributed by atoms with Crippen molar-refractivity contribution in [1.29, 1.82) is 0 Å². The summed E-state index contributed by atoms with van der Waals surface area (Å²) in [5.41, 5.74) is 6.05. The number of rotatable bonds is 7. The van der Waals surface area contributed by atoms with Gasteiger partial charge in [-0.1, -0.05) is 30.5 Å². The molecule has 2 N–H and O–H groups in total. The van der Waals surface area contributed by atoms with E-state index < -0.39 is 0 Å². The molecule has 0 bridgehead atoms. The highest BCUT2D eigenvalue weighted by atomic mass is 35.5. The summed E-state index contributed by atoms with van der Waals surface area (Å²) >= 11 is 7.45. The highest BCUT2D eigenvalue weighted by Crippen LogP contribution is 2.28. The highest BCUT2D eigenvalue weighted by Gasteiger charge is 2.07. The molecule has 84 valence electrons. The van der Waals surface area contributed by atoms with E-state index in [0.29, 0.717) is 0 Å². The molecule has 0 spiro atoms. The van der Waals surface area contributed by atoms with E-state index in [0.717, 1.165) is 17.2 Å². The van der Waals surface area contributed by atoms with E-state index in [-0.39, 0.29) is 6.04 Å². The minimum atomic E-state index is 0.159. The van der Waals surface area contributed by atoms with Gasteiger partial charge in [0.2, 0.25) is 0 Å². The van der Waals surface area contributed by atoms with Crippen LogP contribution in [0.4, 0.5) is 0 Å². The molecule has 1 nitrogen and oxygen atoms in total. The van der Waals surface area contributed by atoms with Crippen molar-refractivity contribution in [3.63, 3.8) is 0 Å². The number of unbranched alkanes of at least 4 members (excludes halogenated alkanes) is 3. The Labute approximate surface area is 101 Å². The number of allylic oxidation sites excluding steroid dienone is 1. The van der Waals surface area contributed by atoms with Crippen molar-refractivity contribution in [3.8, 4) is 0 Å². The average molecular weight is 244 g/mol. The largest absolute Gasteiger partial charge is 0.323 e. The van der Waals surface area contributed by atoms with Crippen molar-refractivity contribution < 1.29 is 0 Å². The van der Waals surface area contributed by atoms with Gasteiger partial charge in [0.15, 0.2) is 0 Å². The van der Waals surface area contributed by atoms with Crippen molar-refractivity contribution in [1.82, 2.24) is 0 Å². The van der Waals surface area contributed by atoms with E-state index in [1.165, 1.54) is 24.1 Å². The molecule has 0 amide bonds. The summed E-state index contributed by atoms with van der Waals surface area (Å²) in [5, 5.41) is 0. The van der Waals surface area contributed by atoms with E-state index >= 15 is 0 Å². The summed E-state index contributed by atoms with van der Waals surface area (Å²) in [7, 11) is 0. The standard InChI is InChI=1S/C12H18ClNS/c1-2-3-4-5-6-7-10(14)11-8-9-12(13)15-11/h2,8-10H,1,3-7,14H2. The van der Waals surface area contributed by atoms with Gasteiger partial charge in [-0.2, -0.15) is 0 Å². The molecular weight excluding hydrogens is 226 g/mol. The lowest BCUT2D eigenvalue weighted by atomic mass is 10.1. The van der Waals surface area contributed by atoms with E-state index in [1.807, 2.05) is 18.2 Å². The Kier molecular flexibility index (Phi) is 5.99. The lowest BCUT2D eigenvalue weighted by Crippen LogP contribution is -2.07. The Balaban J connectivity index is 2.18. The van der Waals surface area contributed by atoms with Crippen LogP contribution >= 0.6 is 22.9 Å². The summed E-state index contributed by atoms with van der Waals surface area (Å²) in [5.74, 6) is 0. The van der Waals surface area contributed by atoms with Crippen LogP contribution in [0.2, 0.25) is 4.34 Å². The van der Waals surface area contributed by atoms with Gasteiger partial charge < -0.3 is 5.73 Å². The van der Waals surface area contributed by atoms with Crippen molar-refractivity contribution in [2.45, 2.75) is 38.1 Å². The van der Waals surface area contributed by atoms with E-state index in [2.05, 4.69) is 6.58 Å². The van der Waals surface area contributed by atoms with E-state index in [1.54, 1.807) is 11.3 Å². The van der Waals surface area contributed by atoms with Crippen LogP contribution in [0.25, 0.3) is 0 Å². The zero-order chi connectivity index (χ0) is 11.1. The molecular formula is C12H18ClNS. The monoisotopic (exact) mass is 243 g/mol. The predicted molar refractivity (Wildman–Crippen MR) is 69.5 cm³/mol. The van der Waals surface area contributed by atoms with Gasteiger partial charge in [0.05, 0.1) is 4.34 Å². The molecule has 1 aromatic heterocycles. The smallest absolute Gasteiger partial charge is 0.0931 e. The Hall–Kier alpha value is -0.310. The van der Waals surface area contributed by atoms with Gasteiger partial charge in [-0.3, -0.25) is 0 Å². The molecule has 1 unspecified atom stereocenters. The van der Waals surface area contributed by atoms with Crippen LogP contribution in [0, 0.1) is 0 Å². The molecule has 1 atom stereocenters. The lowest BCUT2D eigenvalue weighted by Gasteiger charge is -2.08. The zero-order valence-electron chi connectivity index (χ0n) is 8.92. The number of hydrogen-bond donors (Lipinski definition) is 1. The van der Waals surface area contributed by atoms with E-state index in [9.17, 15) is 0 Å². The first-order chi connectivity index (χ1) is 7.24. The first kappa shape index (κ1) is 12.8. The predicted octanol–water partition coefficient (Wildman–Crippen LogP) is 4.54. The van der Waals surface area contributed by atoms with Crippen LogP contribution in [0.1, 0.15) is 43.0 Å². The Morgan fingerprint density at radius 2 is 2.20 bits per heavy atom. The number of nitrogens with two attached hydrogens (primary N) is 1. The van der Waals surface area contributed by atoms with Crippen molar-refractivity contribution >= 4 is 22.9 Å². The van der Waals surface area contributed by atoms with Gasteiger partial charge in [-0.25, -0.2) is 0 Å². The fourth-order valence-electron chi connectivity index (χ4n) is 1.50. The maximum Gasteiger partial charge on any atom is 0.0931 e. The molecule has 0 aliphatic heterocycles. The third kappa shape index (κ3) is 4.83. The molecule has 3 heteroatoms. The summed E-state index contributed by atoms with van der Waals surface area (Å²) in [6.07, 6.45) is 7.78. The Bertz CT molecular complexity index is 296. The van der Waals surface area contributed by atoms with Crippen LogP contribution in [0.5, 0.6) is 0 Å². The van der Waals surface area contributed by atoms with E-state index in [4.69, 9.17) is 17.3 Å². The second kappa shape index (κ2) is 7.04. The summed E-state index contributed by atoms with van der Waals surface area (Å²) in [6.45, 7) is 3.71. The molecule has 1 heterocycles. The van der Waals surface area contributed by atoms with Gasteiger partial charge in [0.1, 0.15) is 0 Å². The molecule has 15 heavy (non-hydrogen) atoms. The fourth-order valence-corrected chi connectivity index (χ4v) is 2.60. The van der Waals surface area contributed by atoms with Crippen LogP contribution in [0.3, 0.4) is 0 Å². The maximum absolute atomic E-state index is 6.05. The molecule has 0 saturated carbocycles. The lowest BCUT2D eigenvalue weighted by molar-refractivity contribution is 0.578. The van der Waals surface area contributed by atoms with Crippen molar-refractivity contribution in [2.75, 3.05) is 0 Å². The molecule has 0 aliphatic rings. The second-order valence-corrected chi connectivity index (χ2v) is 5.42. The number of halogens is 1. The van der Waals surface area contributed by atoms with Gasteiger partial charge in [0, 0.05) is 10.9 Å². The second-order valence-electron chi connectivity index (χ2n) is 3.68. The van der Waals surface area contributed by atoms with Crippen molar-refractivity contribution in [3.05, 3.63) is 34.0 Å². The van der Waals surface area contributed by atoms with Gasteiger partial charge in [-0.05, 0) is 31.4 Å². The molecule has 1 rings (SSSR count). The van der Waals surface area contributed by atoms with Crippen LogP contribution in [0.15, 0.2) is 24.8 Å². The van der Waals surface area contributed by atoms with Crippen LogP contribution in [-0.4, -0.2) is 0 Å². The average Bonchev–Trinajstić information content (AvgIpc) is 2.64. The van der Waals surface area contributed by atoms with Crippen LogP contribution in [-0.2, 0) is 0 Å². The topological polar surface area (TPSA) is 26.0 Å². The molecule has 1 aromatic rings. The molecule has 0 radical (unpaired) electrons. The quantitative estimate of drug-likeness (QED) is 0.552. The number of thiophene rings is 1. The van der Waals surface area contributed by atoms with Crippen molar-refractivity contribution in [2.24, 2.45) is 5.73 Å². The van der Waals surface area contributed by atoms with Gasteiger partial charge in [-0.15, -0.1) is 17.9 Å². The SMILES string of the molecule is C=CCCCCCC(N)c1ccc(Cl)s1. The number of hydrogen-bond acceptors (Lipinski definition) is 2. The zero-order valence-corrected chi connectivity index (χ0v) is 10.5. The van der Waals surface area contributed by atoms with Gasteiger partial charge in [0.25, 0.3) is 0 Å². The highest BCUT2D eigenvalue weighted by molar-refractivity contribution is 7.16.